The number of carboxylic acid groups (broad SMARTS) is 1. The molecule has 0 bridgehead atoms. The normalized spacial score (nSPS) is 3.57. The maximum atomic E-state index is 8.89. The van der Waals surface area contributed by atoms with Crippen LogP contribution in [0.5, 0.6) is 0 Å². The van der Waals surface area contributed by atoms with Gasteiger partial charge in [-0.15, -0.1) is 0 Å². The van der Waals surface area contributed by atoms with Crippen molar-refractivity contribution in [2.75, 3.05) is 0 Å². The Bertz CT molecular complexity index is 36.7. The number of halogens is 1. The molecule has 0 saturated carbocycles. The number of hydrogen-bond acceptors (Lipinski definition) is 2. The van der Waals surface area contributed by atoms with Crippen LogP contribution in [0, 0.1) is 0 Å². The van der Waals surface area contributed by atoms with E-state index < -0.39 is 5.97 Å². The number of rotatable bonds is 0. The van der Waals surface area contributed by atoms with Gasteiger partial charge in [-0.25, -0.2) is 0 Å². The Hall–Kier alpha value is 1.60. The second-order valence-corrected chi connectivity index (χ2v) is 0.492. The second kappa shape index (κ2) is 15.6. The summed E-state index contributed by atoms with van der Waals surface area (Å²) in [5.74, 6) is -1.08. The minimum absolute atomic E-state index is 0. The monoisotopic (exact) mass is 322 g/mol. The van der Waals surface area contributed by atoms with Crippen LogP contribution in [-0.2, 0) is 59.4 Å². The van der Waals surface area contributed by atoms with Crippen molar-refractivity contribution in [1.29, 1.82) is 0 Å². The molecule has 0 aromatic carbocycles. The molecule has 0 radical (unpaired) electrons. The summed E-state index contributed by atoms with van der Waals surface area (Å²) in [6.45, 7) is 0.972. The van der Waals surface area contributed by atoms with Crippen molar-refractivity contribution >= 4 is 5.97 Å². The van der Waals surface area contributed by atoms with Crippen LogP contribution in [-0.4, -0.2) is 5.97 Å². The minimum Gasteiger partial charge on any atom is -1.00 e. The average Bonchev–Trinajstić information content (AvgIpc) is 0.811. The minimum atomic E-state index is -1.08. The van der Waals surface area contributed by atoms with Crippen molar-refractivity contribution < 1.29 is 76.9 Å². The summed E-state index contributed by atoms with van der Waals surface area (Å²) in [6.07, 6.45) is 0. The molecular weight excluding hydrogens is 316 g/mol. The Morgan fingerprint density at radius 3 is 1.57 bits per heavy atom. The van der Waals surface area contributed by atoms with Gasteiger partial charge in [0, 0.05) is 33.3 Å². The topological polar surface area (TPSA) is 40.1 Å². The molecule has 2 nitrogen and oxygen atoms in total. The van der Waals surface area contributed by atoms with E-state index in [0.29, 0.717) is 0 Å². The van der Waals surface area contributed by atoms with Crippen molar-refractivity contribution in [3.63, 3.8) is 0 Å². The molecule has 0 aromatic heterocycles. The van der Waals surface area contributed by atoms with Gasteiger partial charge in [-0.05, 0) is 6.92 Å². The van der Waals surface area contributed by atoms with Crippen molar-refractivity contribution in [2.45, 2.75) is 6.92 Å². The summed E-state index contributed by atoms with van der Waals surface area (Å²) in [6, 6.07) is 0. The summed E-state index contributed by atoms with van der Waals surface area (Å²) < 4.78 is 0. The van der Waals surface area contributed by atoms with E-state index in [1.807, 2.05) is 0 Å². The third kappa shape index (κ3) is 92.8. The van der Waals surface area contributed by atoms with E-state index in [2.05, 4.69) is 0 Å². The van der Waals surface area contributed by atoms with Gasteiger partial charge in [0.25, 0.3) is 0 Å². The zero-order chi connectivity index (χ0) is 3.58. The Morgan fingerprint density at radius 2 is 1.57 bits per heavy atom. The average molecular weight is 319 g/mol. The van der Waals surface area contributed by atoms with Crippen LogP contribution in [0.4, 0.5) is 0 Å². The number of carboxylic acids is 1. The first-order chi connectivity index (χ1) is 1.73. The van der Waals surface area contributed by atoms with Gasteiger partial charge in [0.05, 0.1) is 0 Å². The summed E-state index contributed by atoms with van der Waals surface area (Å²) in [4.78, 5) is 8.89. The maximum absolute atomic E-state index is 8.89. The number of hydrogen-bond donors (Lipinski definition) is 0. The molecular formula is C2H3Cd2ClO2. The Balaban J connectivity index is -0.0000000150. The van der Waals surface area contributed by atoms with Gasteiger partial charge in [-0.1, -0.05) is 0 Å². The van der Waals surface area contributed by atoms with Crippen molar-refractivity contribution in [3.8, 4) is 0 Å². The first kappa shape index (κ1) is 23.5. The van der Waals surface area contributed by atoms with E-state index in [1.54, 1.807) is 0 Å². The molecule has 7 heavy (non-hydrogen) atoms. The van der Waals surface area contributed by atoms with Crippen LogP contribution >= 0.6 is 0 Å². The van der Waals surface area contributed by atoms with Gasteiger partial charge in [0.15, 0.2) is 0 Å². The van der Waals surface area contributed by atoms with Gasteiger partial charge in [0.1, 0.15) is 0 Å². The molecule has 0 aliphatic carbocycles. The van der Waals surface area contributed by atoms with Gasteiger partial charge in [-0.2, -0.15) is 0 Å². The largest absolute Gasteiger partial charge is 2.00 e. The SMILES string of the molecule is CC(=O)[O-].[Cd+2].[Cd].[Cl-]. The molecule has 0 rings (SSSR count). The predicted molar refractivity (Wildman–Crippen MR) is 10.7 cm³/mol. The molecule has 0 saturated heterocycles. The molecule has 5 heteroatoms. The molecule has 0 N–H and O–H groups in total. The molecule has 0 fully saturated rings. The van der Waals surface area contributed by atoms with Crippen LogP contribution < -0.4 is 17.5 Å². The molecule has 0 aliphatic rings. The standard InChI is InChI=1S/C2H4O2.2Cd.ClH/c1-2(3)4;;;/h1H3,(H,3,4);;;1H/q;;+2;/p-2. The third-order valence-corrected chi connectivity index (χ3v) is 0. The fourth-order valence-electron chi connectivity index (χ4n) is 0. The van der Waals surface area contributed by atoms with Crippen molar-refractivity contribution in [3.05, 3.63) is 0 Å². The Morgan fingerprint density at radius 1 is 1.57 bits per heavy atom. The van der Waals surface area contributed by atoms with Crippen molar-refractivity contribution in [2.24, 2.45) is 0 Å². The molecule has 0 spiro atoms. The zero-order valence-corrected chi connectivity index (χ0v) is 12.9. The first-order valence-corrected chi connectivity index (χ1v) is 0.908. The van der Waals surface area contributed by atoms with Crippen LogP contribution in [0.1, 0.15) is 6.92 Å². The molecule has 34 valence electrons. The quantitative estimate of drug-likeness (QED) is 0.425. The summed E-state index contributed by atoms with van der Waals surface area (Å²) in [7, 11) is 0. The molecule has 0 aromatic rings. The van der Waals surface area contributed by atoms with E-state index in [0.717, 1.165) is 6.92 Å². The molecule has 0 atom stereocenters. The summed E-state index contributed by atoms with van der Waals surface area (Å²) >= 11 is 0. The van der Waals surface area contributed by atoms with E-state index >= 15 is 0 Å². The first-order valence-electron chi connectivity index (χ1n) is 0.908. The van der Waals surface area contributed by atoms with Gasteiger partial charge in [-0.3, -0.25) is 0 Å². The van der Waals surface area contributed by atoms with Crippen molar-refractivity contribution in [1.82, 2.24) is 0 Å². The van der Waals surface area contributed by atoms with Gasteiger partial charge >= 0.3 is 27.3 Å². The van der Waals surface area contributed by atoms with Gasteiger partial charge in [0.2, 0.25) is 0 Å². The Kier molecular flexibility index (Phi) is 52.5. The van der Waals surface area contributed by atoms with E-state index in [9.17, 15) is 0 Å². The fraction of sp³-hybridized carbons (Fsp3) is 0.500. The second-order valence-electron chi connectivity index (χ2n) is 0.492. The number of aliphatic carboxylic acids is 1. The third-order valence-electron chi connectivity index (χ3n) is 0. The zero-order valence-electron chi connectivity index (χ0n) is 4.11. The molecule has 0 aliphatic heterocycles. The summed E-state index contributed by atoms with van der Waals surface area (Å²) in [5.41, 5.74) is 0. The molecule has 0 amide bonds. The number of carbonyl (C=O) groups excluding carboxylic acids is 1. The fourth-order valence-corrected chi connectivity index (χ4v) is 0. The van der Waals surface area contributed by atoms with Crippen LogP contribution in [0.2, 0.25) is 0 Å². The predicted octanol–water partition coefficient (Wildman–Crippen LogP) is -4.24. The Labute approximate surface area is 88.8 Å². The van der Waals surface area contributed by atoms with Gasteiger partial charge < -0.3 is 22.3 Å². The van der Waals surface area contributed by atoms with Crippen LogP contribution in [0.3, 0.4) is 0 Å². The van der Waals surface area contributed by atoms with E-state index in [1.165, 1.54) is 0 Å². The van der Waals surface area contributed by atoms with E-state index in [4.69, 9.17) is 9.90 Å². The summed E-state index contributed by atoms with van der Waals surface area (Å²) in [5, 5.41) is 8.89. The number of carbonyl (C=O) groups is 1. The maximum Gasteiger partial charge on any atom is 2.00 e. The molecule has 0 unspecified atom stereocenters. The van der Waals surface area contributed by atoms with Crippen LogP contribution in [0.25, 0.3) is 0 Å². The van der Waals surface area contributed by atoms with Crippen LogP contribution in [0.15, 0.2) is 0 Å². The van der Waals surface area contributed by atoms with E-state index in [-0.39, 0.29) is 67.0 Å². The molecule has 0 heterocycles. The smallest absolute Gasteiger partial charge is 1.00 e.